The molecular formula is C14H17N3O. The minimum absolute atomic E-state index is 0.0222. The summed E-state index contributed by atoms with van der Waals surface area (Å²) in [5.74, 6) is 0.816. The summed E-state index contributed by atoms with van der Waals surface area (Å²) in [5, 5.41) is 0. The Hall–Kier alpha value is -1.97. The SMILES string of the molecule is Cn1cc(-c2cnc(C(C)(C)C)nc2)ccc1=O. The van der Waals surface area contributed by atoms with Crippen LogP contribution in [0.25, 0.3) is 11.1 Å². The molecular weight excluding hydrogens is 226 g/mol. The lowest BCUT2D eigenvalue weighted by Crippen LogP contribution is -2.16. The van der Waals surface area contributed by atoms with Crippen LogP contribution in [0.4, 0.5) is 0 Å². The molecule has 0 aliphatic heterocycles. The summed E-state index contributed by atoms with van der Waals surface area (Å²) in [6.45, 7) is 6.23. The lowest BCUT2D eigenvalue weighted by Gasteiger charge is -2.16. The van der Waals surface area contributed by atoms with Crippen LogP contribution in [0.1, 0.15) is 26.6 Å². The number of aromatic nitrogens is 3. The van der Waals surface area contributed by atoms with Crippen LogP contribution < -0.4 is 5.56 Å². The lowest BCUT2D eigenvalue weighted by molar-refractivity contribution is 0.545. The van der Waals surface area contributed by atoms with Crippen molar-refractivity contribution in [2.75, 3.05) is 0 Å². The summed E-state index contributed by atoms with van der Waals surface area (Å²) in [7, 11) is 1.73. The number of pyridine rings is 1. The van der Waals surface area contributed by atoms with Crippen molar-refractivity contribution in [3.05, 3.63) is 46.9 Å². The van der Waals surface area contributed by atoms with Crippen molar-refractivity contribution in [2.45, 2.75) is 26.2 Å². The molecule has 0 amide bonds. The summed E-state index contributed by atoms with van der Waals surface area (Å²) in [5.41, 5.74) is 1.78. The van der Waals surface area contributed by atoms with Crippen LogP contribution in [-0.4, -0.2) is 14.5 Å². The van der Waals surface area contributed by atoms with Crippen LogP contribution in [0.2, 0.25) is 0 Å². The van der Waals surface area contributed by atoms with E-state index in [0.29, 0.717) is 0 Å². The third kappa shape index (κ3) is 2.47. The zero-order valence-corrected chi connectivity index (χ0v) is 11.1. The molecule has 2 aromatic rings. The van der Waals surface area contributed by atoms with Gasteiger partial charge in [0, 0.05) is 48.2 Å². The predicted molar refractivity (Wildman–Crippen MR) is 71.4 cm³/mol. The van der Waals surface area contributed by atoms with Crippen molar-refractivity contribution in [1.82, 2.24) is 14.5 Å². The summed E-state index contributed by atoms with van der Waals surface area (Å²) >= 11 is 0. The van der Waals surface area contributed by atoms with Crippen molar-refractivity contribution < 1.29 is 0 Å². The van der Waals surface area contributed by atoms with E-state index in [1.54, 1.807) is 42.3 Å². The van der Waals surface area contributed by atoms with Gasteiger partial charge in [-0.25, -0.2) is 9.97 Å². The Kier molecular flexibility index (Phi) is 3.03. The van der Waals surface area contributed by atoms with Gasteiger partial charge in [0.1, 0.15) is 5.82 Å². The quantitative estimate of drug-likeness (QED) is 0.771. The van der Waals surface area contributed by atoms with Gasteiger partial charge in [0.2, 0.25) is 5.56 Å². The van der Waals surface area contributed by atoms with Crippen LogP contribution in [0.15, 0.2) is 35.5 Å². The standard InChI is InChI=1S/C14H17N3O/c1-14(2,3)13-15-7-11(8-16-13)10-5-6-12(18)17(4)9-10/h5-9H,1-4H3. The van der Waals surface area contributed by atoms with Crippen molar-refractivity contribution >= 4 is 0 Å². The molecule has 0 radical (unpaired) electrons. The Labute approximate surface area is 106 Å². The maximum absolute atomic E-state index is 11.3. The van der Waals surface area contributed by atoms with E-state index in [2.05, 4.69) is 30.7 Å². The number of nitrogens with zero attached hydrogens (tertiary/aromatic N) is 3. The van der Waals surface area contributed by atoms with E-state index in [1.165, 1.54) is 0 Å². The van der Waals surface area contributed by atoms with Gasteiger partial charge in [0.05, 0.1) is 0 Å². The summed E-state index contributed by atoms with van der Waals surface area (Å²) in [4.78, 5) is 20.1. The minimum Gasteiger partial charge on any atom is -0.318 e. The normalized spacial score (nSPS) is 11.6. The molecule has 2 aromatic heterocycles. The number of hydrogen-bond acceptors (Lipinski definition) is 3. The first-order valence-electron chi connectivity index (χ1n) is 5.87. The van der Waals surface area contributed by atoms with Gasteiger partial charge in [-0.3, -0.25) is 4.79 Å². The second-order valence-electron chi connectivity index (χ2n) is 5.41. The number of rotatable bonds is 1. The largest absolute Gasteiger partial charge is 0.318 e. The van der Waals surface area contributed by atoms with Crippen LogP contribution in [0, 0.1) is 0 Å². The highest BCUT2D eigenvalue weighted by Gasteiger charge is 2.16. The molecule has 0 aliphatic carbocycles. The van der Waals surface area contributed by atoms with Crippen LogP contribution >= 0.6 is 0 Å². The first-order chi connectivity index (χ1) is 8.38. The average Bonchev–Trinajstić information content (AvgIpc) is 2.32. The molecule has 0 N–H and O–H groups in total. The molecule has 4 nitrogen and oxygen atoms in total. The summed E-state index contributed by atoms with van der Waals surface area (Å²) < 4.78 is 1.55. The van der Waals surface area contributed by atoms with Gasteiger partial charge in [-0.1, -0.05) is 20.8 Å². The van der Waals surface area contributed by atoms with Crippen LogP contribution in [0.5, 0.6) is 0 Å². The van der Waals surface area contributed by atoms with Crippen molar-refractivity contribution in [1.29, 1.82) is 0 Å². The molecule has 0 bridgehead atoms. The Morgan fingerprint density at radius 1 is 1.06 bits per heavy atom. The topological polar surface area (TPSA) is 47.8 Å². The highest BCUT2D eigenvalue weighted by Crippen LogP contribution is 2.20. The van der Waals surface area contributed by atoms with E-state index in [0.717, 1.165) is 17.0 Å². The second kappa shape index (κ2) is 4.37. The lowest BCUT2D eigenvalue weighted by atomic mass is 9.95. The molecule has 94 valence electrons. The molecule has 0 spiro atoms. The first kappa shape index (κ1) is 12.5. The fourth-order valence-electron chi connectivity index (χ4n) is 1.63. The zero-order chi connectivity index (χ0) is 13.3. The molecule has 2 rings (SSSR count). The Morgan fingerprint density at radius 3 is 2.17 bits per heavy atom. The molecule has 0 aliphatic rings. The van der Waals surface area contributed by atoms with E-state index in [-0.39, 0.29) is 11.0 Å². The molecule has 0 saturated heterocycles. The molecule has 0 saturated carbocycles. The van der Waals surface area contributed by atoms with Gasteiger partial charge in [0.15, 0.2) is 0 Å². The van der Waals surface area contributed by atoms with Gasteiger partial charge in [0.25, 0.3) is 0 Å². The molecule has 2 heterocycles. The molecule has 0 atom stereocenters. The Balaban J connectivity index is 2.40. The highest BCUT2D eigenvalue weighted by molar-refractivity contribution is 5.60. The van der Waals surface area contributed by atoms with Crippen molar-refractivity contribution in [3.8, 4) is 11.1 Å². The maximum atomic E-state index is 11.3. The fraction of sp³-hybridized carbons (Fsp3) is 0.357. The van der Waals surface area contributed by atoms with Crippen LogP contribution in [0.3, 0.4) is 0 Å². The van der Waals surface area contributed by atoms with E-state index in [1.807, 2.05) is 0 Å². The number of hydrogen-bond donors (Lipinski definition) is 0. The van der Waals surface area contributed by atoms with E-state index < -0.39 is 0 Å². The third-order valence-corrected chi connectivity index (χ3v) is 2.74. The average molecular weight is 243 g/mol. The minimum atomic E-state index is -0.0535. The molecule has 4 heteroatoms. The van der Waals surface area contributed by atoms with E-state index in [9.17, 15) is 4.79 Å². The van der Waals surface area contributed by atoms with E-state index in [4.69, 9.17) is 0 Å². The third-order valence-electron chi connectivity index (χ3n) is 2.74. The number of aryl methyl sites for hydroxylation is 1. The maximum Gasteiger partial charge on any atom is 0.250 e. The molecule has 0 aromatic carbocycles. The second-order valence-corrected chi connectivity index (χ2v) is 5.41. The molecule has 0 unspecified atom stereocenters. The van der Waals surface area contributed by atoms with Crippen molar-refractivity contribution in [3.63, 3.8) is 0 Å². The first-order valence-corrected chi connectivity index (χ1v) is 5.87. The molecule has 0 fully saturated rings. The predicted octanol–water partition coefficient (Wildman–Crippen LogP) is 2.14. The summed E-state index contributed by atoms with van der Waals surface area (Å²) in [6.07, 6.45) is 5.39. The fourth-order valence-corrected chi connectivity index (χ4v) is 1.63. The van der Waals surface area contributed by atoms with Crippen molar-refractivity contribution in [2.24, 2.45) is 7.05 Å². The smallest absolute Gasteiger partial charge is 0.250 e. The Bertz CT molecular complexity index is 606. The van der Waals surface area contributed by atoms with Gasteiger partial charge in [-0.05, 0) is 6.07 Å². The van der Waals surface area contributed by atoms with Gasteiger partial charge in [-0.2, -0.15) is 0 Å². The highest BCUT2D eigenvalue weighted by atomic mass is 16.1. The van der Waals surface area contributed by atoms with Gasteiger partial charge >= 0.3 is 0 Å². The summed E-state index contributed by atoms with van der Waals surface area (Å²) in [6, 6.07) is 3.34. The van der Waals surface area contributed by atoms with Gasteiger partial charge in [-0.15, -0.1) is 0 Å². The van der Waals surface area contributed by atoms with E-state index >= 15 is 0 Å². The van der Waals surface area contributed by atoms with Crippen LogP contribution in [-0.2, 0) is 12.5 Å². The zero-order valence-electron chi connectivity index (χ0n) is 11.1. The van der Waals surface area contributed by atoms with Gasteiger partial charge < -0.3 is 4.57 Å². The molecule has 18 heavy (non-hydrogen) atoms. The monoisotopic (exact) mass is 243 g/mol. The Morgan fingerprint density at radius 2 is 1.67 bits per heavy atom.